The number of rotatable bonds is 5. The highest BCUT2D eigenvalue weighted by Crippen LogP contribution is 2.19. The van der Waals surface area contributed by atoms with E-state index in [1.54, 1.807) is 37.5 Å². The molecule has 1 N–H and O–H groups in total. The Balaban J connectivity index is 2.12. The number of carbonyl (C=O) groups is 3. The van der Waals surface area contributed by atoms with E-state index in [-0.39, 0.29) is 19.5 Å². The van der Waals surface area contributed by atoms with Gasteiger partial charge in [-0.1, -0.05) is 12.1 Å². The number of carboxylic acid groups (broad SMARTS) is 1. The Morgan fingerprint density at radius 2 is 2.00 bits per heavy atom. The smallest absolute Gasteiger partial charge is 0.305 e. The molecule has 0 aliphatic carbocycles. The fourth-order valence-electron chi connectivity index (χ4n) is 2.05. The lowest BCUT2D eigenvalue weighted by Gasteiger charge is -2.11. The molecule has 1 aromatic rings. The Hall–Kier alpha value is -2.63. The number of amides is 1. The molecular formula is C15H15NO5. The summed E-state index contributed by atoms with van der Waals surface area (Å²) < 4.78 is 5.04. The van der Waals surface area contributed by atoms with Gasteiger partial charge >= 0.3 is 5.97 Å². The summed E-state index contributed by atoms with van der Waals surface area (Å²) in [6.45, 7) is 0.191. The maximum atomic E-state index is 11.9. The Kier molecular flexibility index (Phi) is 4.37. The molecule has 1 aromatic carbocycles. The summed E-state index contributed by atoms with van der Waals surface area (Å²) >= 11 is 0. The van der Waals surface area contributed by atoms with E-state index in [1.165, 1.54) is 4.90 Å². The van der Waals surface area contributed by atoms with Gasteiger partial charge in [-0.2, -0.15) is 0 Å². The van der Waals surface area contributed by atoms with Crippen molar-refractivity contribution in [1.82, 2.24) is 4.90 Å². The van der Waals surface area contributed by atoms with Gasteiger partial charge in [0.2, 0.25) is 5.78 Å². The first-order valence-electron chi connectivity index (χ1n) is 6.41. The SMILES string of the molecule is COc1ccc(/C=C2\CN(CCC(=O)O)C(=O)C2=O)cc1. The second-order valence-electron chi connectivity index (χ2n) is 4.64. The summed E-state index contributed by atoms with van der Waals surface area (Å²) in [4.78, 5) is 35.4. The molecular weight excluding hydrogens is 274 g/mol. The summed E-state index contributed by atoms with van der Waals surface area (Å²) in [5.41, 5.74) is 1.16. The molecule has 1 saturated heterocycles. The molecule has 0 radical (unpaired) electrons. The molecule has 1 heterocycles. The molecule has 0 unspecified atom stereocenters. The van der Waals surface area contributed by atoms with E-state index in [1.807, 2.05) is 0 Å². The normalized spacial score (nSPS) is 16.6. The van der Waals surface area contributed by atoms with Crippen LogP contribution in [0.25, 0.3) is 6.08 Å². The molecule has 110 valence electrons. The number of methoxy groups -OCH3 is 1. The standard InChI is InChI=1S/C15H15NO5/c1-21-12-4-2-10(3-5-12)8-11-9-16(7-6-13(17)18)15(20)14(11)19/h2-5,8H,6-7,9H2,1H3,(H,17,18)/b11-8+. The van der Waals surface area contributed by atoms with Crippen LogP contribution in [0.4, 0.5) is 0 Å². The van der Waals surface area contributed by atoms with Crippen molar-refractivity contribution in [3.05, 3.63) is 35.4 Å². The first-order valence-corrected chi connectivity index (χ1v) is 6.41. The third-order valence-corrected chi connectivity index (χ3v) is 3.19. The highest BCUT2D eigenvalue weighted by molar-refractivity contribution is 6.46. The topological polar surface area (TPSA) is 83.9 Å². The van der Waals surface area contributed by atoms with Gasteiger partial charge in [-0.15, -0.1) is 0 Å². The van der Waals surface area contributed by atoms with Gasteiger partial charge in [-0.05, 0) is 23.8 Å². The molecule has 0 aromatic heterocycles. The van der Waals surface area contributed by atoms with Crippen molar-refractivity contribution in [3.63, 3.8) is 0 Å². The fraction of sp³-hybridized carbons (Fsp3) is 0.267. The van der Waals surface area contributed by atoms with Gasteiger partial charge in [0.25, 0.3) is 5.91 Å². The lowest BCUT2D eigenvalue weighted by atomic mass is 10.1. The molecule has 6 nitrogen and oxygen atoms in total. The molecule has 1 aliphatic heterocycles. The highest BCUT2D eigenvalue weighted by atomic mass is 16.5. The molecule has 2 rings (SSSR count). The van der Waals surface area contributed by atoms with E-state index < -0.39 is 17.7 Å². The van der Waals surface area contributed by atoms with E-state index >= 15 is 0 Å². The van der Waals surface area contributed by atoms with E-state index in [0.717, 1.165) is 5.56 Å². The Labute approximate surface area is 121 Å². The van der Waals surface area contributed by atoms with Crippen LogP contribution in [0.5, 0.6) is 5.75 Å². The Morgan fingerprint density at radius 3 is 2.57 bits per heavy atom. The van der Waals surface area contributed by atoms with Gasteiger partial charge < -0.3 is 14.7 Å². The third-order valence-electron chi connectivity index (χ3n) is 3.19. The summed E-state index contributed by atoms with van der Waals surface area (Å²) in [6.07, 6.45) is 1.47. The van der Waals surface area contributed by atoms with Gasteiger partial charge in [-0.25, -0.2) is 0 Å². The molecule has 1 amide bonds. The van der Waals surface area contributed by atoms with E-state index in [9.17, 15) is 14.4 Å². The molecule has 1 aliphatic rings. The minimum atomic E-state index is -0.997. The number of carbonyl (C=O) groups excluding carboxylic acids is 2. The van der Waals surface area contributed by atoms with Gasteiger partial charge in [-0.3, -0.25) is 14.4 Å². The first kappa shape index (κ1) is 14.8. The molecule has 0 atom stereocenters. The zero-order valence-corrected chi connectivity index (χ0v) is 11.5. The Bertz CT molecular complexity index is 603. The number of Topliss-reactive ketones (excluding diaryl/α,β-unsaturated/α-hetero) is 1. The van der Waals surface area contributed by atoms with E-state index in [4.69, 9.17) is 9.84 Å². The number of benzene rings is 1. The number of likely N-dealkylation sites (tertiary alicyclic amines) is 1. The third kappa shape index (κ3) is 3.47. The van der Waals surface area contributed by atoms with Crippen LogP contribution in [-0.2, 0) is 14.4 Å². The van der Waals surface area contributed by atoms with E-state index in [2.05, 4.69) is 0 Å². The molecule has 0 spiro atoms. The summed E-state index contributed by atoms with van der Waals surface area (Å²) in [5, 5.41) is 8.63. The van der Waals surface area contributed by atoms with Crippen molar-refractivity contribution in [2.24, 2.45) is 0 Å². The number of hydrogen-bond donors (Lipinski definition) is 1. The monoisotopic (exact) mass is 289 g/mol. The maximum absolute atomic E-state index is 11.9. The second-order valence-corrected chi connectivity index (χ2v) is 4.64. The zero-order valence-electron chi connectivity index (χ0n) is 11.5. The maximum Gasteiger partial charge on any atom is 0.305 e. The minimum Gasteiger partial charge on any atom is -0.497 e. The average molecular weight is 289 g/mol. The number of aliphatic carboxylic acids is 1. The molecule has 6 heteroatoms. The van der Waals surface area contributed by atoms with Crippen molar-refractivity contribution in [2.45, 2.75) is 6.42 Å². The predicted octanol–water partition coefficient (Wildman–Crippen LogP) is 0.965. The highest BCUT2D eigenvalue weighted by Gasteiger charge is 2.33. The van der Waals surface area contributed by atoms with Crippen molar-refractivity contribution in [3.8, 4) is 5.75 Å². The van der Waals surface area contributed by atoms with Crippen LogP contribution in [0.1, 0.15) is 12.0 Å². The largest absolute Gasteiger partial charge is 0.497 e. The lowest BCUT2D eigenvalue weighted by Crippen LogP contribution is -2.29. The first-order chi connectivity index (χ1) is 10.0. The number of hydrogen-bond acceptors (Lipinski definition) is 4. The summed E-state index contributed by atoms with van der Waals surface area (Å²) in [7, 11) is 1.56. The van der Waals surface area contributed by atoms with Crippen LogP contribution >= 0.6 is 0 Å². The molecule has 0 saturated carbocycles. The second kappa shape index (κ2) is 6.21. The van der Waals surface area contributed by atoms with Crippen molar-refractivity contribution < 1.29 is 24.2 Å². The number of ketones is 1. The van der Waals surface area contributed by atoms with Crippen molar-refractivity contribution in [2.75, 3.05) is 20.2 Å². The van der Waals surface area contributed by atoms with E-state index in [0.29, 0.717) is 11.3 Å². The molecule has 0 bridgehead atoms. The van der Waals surface area contributed by atoms with Crippen LogP contribution in [-0.4, -0.2) is 47.9 Å². The lowest BCUT2D eigenvalue weighted by molar-refractivity contribution is -0.141. The van der Waals surface area contributed by atoms with Crippen LogP contribution in [0.2, 0.25) is 0 Å². The van der Waals surface area contributed by atoms with Gasteiger partial charge in [0.15, 0.2) is 0 Å². The summed E-state index contributed by atoms with van der Waals surface area (Å²) in [6, 6.07) is 7.08. The molecule has 1 fully saturated rings. The van der Waals surface area contributed by atoms with Crippen LogP contribution in [0.15, 0.2) is 29.8 Å². The quantitative estimate of drug-likeness (QED) is 0.645. The Morgan fingerprint density at radius 1 is 1.33 bits per heavy atom. The fourth-order valence-corrected chi connectivity index (χ4v) is 2.05. The van der Waals surface area contributed by atoms with Gasteiger partial charge in [0.05, 0.1) is 20.1 Å². The molecule has 21 heavy (non-hydrogen) atoms. The van der Waals surface area contributed by atoms with Gasteiger partial charge in [0.1, 0.15) is 5.75 Å². The number of ether oxygens (including phenoxy) is 1. The van der Waals surface area contributed by atoms with Crippen LogP contribution in [0, 0.1) is 0 Å². The zero-order chi connectivity index (χ0) is 15.4. The van der Waals surface area contributed by atoms with Gasteiger partial charge in [0, 0.05) is 12.1 Å². The van der Waals surface area contributed by atoms with Crippen LogP contribution in [0.3, 0.4) is 0 Å². The summed E-state index contributed by atoms with van der Waals surface area (Å²) in [5.74, 6) is -1.51. The average Bonchev–Trinajstić information content (AvgIpc) is 2.74. The number of carboxylic acids is 1. The van der Waals surface area contributed by atoms with Crippen molar-refractivity contribution >= 4 is 23.7 Å². The number of nitrogens with zero attached hydrogens (tertiary/aromatic N) is 1. The predicted molar refractivity (Wildman–Crippen MR) is 74.8 cm³/mol. The van der Waals surface area contributed by atoms with Crippen molar-refractivity contribution in [1.29, 1.82) is 0 Å². The van der Waals surface area contributed by atoms with Crippen LogP contribution < -0.4 is 4.74 Å². The minimum absolute atomic E-state index is 0.0415.